The fourth-order valence-corrected chi connectivity index (χ4v) is 1.02. The number of ketones is 1. The van der Waals surface area contributed by atoms with Gasteiger partial charge >= 0.3 is 0 Å². The lowest BCUT2D eigenvalue weighted by Gasteiger charge is -1.92. The Balaban J connectivity index is 3.89. The number of allylic oxidation sites excluding steroid dienone is 6. The van der Waals surface area contributed by atoms with Gasteiger partial charge in [-0.15, -0.1) is 0 Å². The van der Waals surface area contributed by atoms with Gasteiger partial charge in [0, 0.05) is 6.42 Å². The van der Waals surface area contributed by atoms with Gasteiger partial charge in [-0.2, -0.15) is 0 Å². The molecule has 0 aliphatic rings. The Hall–Kier alpha value is -1.11. The van der Waals surface area contributed by atoms with Crippen molar-refractivity contribution >= 4 is 5.78 Å². The average molecular weight is 206 g/mol. The van der Waals surface area contributed by atoms with E-state index in [9.17, 15) is 4.79 Å². The van der Waals surface area contributed by atoms with Crippen LogP contribution in [0.4, 0.5) is 0 Å². The lowest BCUT2D eigenvalue weighted by atomic mass is 10.1. The van der Waals surface area contributed by atoms with Crippen LogP contribution in [0.5, 0.6) is 0 Å². The van der Waals surface area contributed by atoms with E-state index in [2.05, 4.69) is 19.9 Å². The Bertz CT molecular complexity index is 276. The van der Waals surface area contributed by atoms with Crippen molar-refractivity contribution in [2.45, 2.75) is 47.0 Å². The highest BCUT2D eigenvalue weighted by atomic mass is 16.1. The predicted molar refractivity (Wildman–Crippen MR) is 66.9 cm³/mol. The molecule has 0 saturated heterocycles. The topological polar surface area (TPSA) is 17.1 Å². The molecule has 0 amide bonds. The second-order valence-electron chi connectivity index (χ2n) is 4.01. The molecular weight excluding hydrogens is 184 g/mol. The van der Waals surface area contributed by atoms with Gasteiger partial charge in [0.05, 0.1) is 0 Å². The zero-order valence-corrected chi connectivity index (χ0v) is 10.3. The van der Waals surface area contributed by atoms with Gasteiger partial charge in [-0.1, -0.05) is 36.3 Å². The summed E-state index contributed by atoms with van der Waals surface area (Å²) in [6.07, 6.45) is 10.1. The Morgan fingerprint density at radius 3 is 2.40 bits per heavy atom. The van der Waals surface area contributed by atoms with Crippen LogP contribution in [0.3, 0.4) is 0 Å². The summed E-state index contributed by atoms with van der Waals surface area (Å²) < 4.78 is 0. The summed E-state index contributed by atoms with van der Waals surface area (Å²) in [6, 6.07) is 0. The molecule has 0 spiro atoms. The van der Waals surface area contributed by atoms with Crippen molar-refractivity contribution in [3.05, 3.63) is 35.5 Å². The number of hydrogen-bond donors (Lipinski definition) is 0. The largest absolute Gasteiger partial charge is 0.295 e. The molecule has 0 aliphatic heterocycles. The van der Waals surface area contributed by atoms with Gasteiger partial charge in [0.15, 0.2) is 5.78 Å². The average Bonchev–Trinajstić information content (AvgIpc) is 2.17. The van der Waals surface area contributed by atoms with Crippen molar-refractivity contribution in [3.8, 4) is 0 Å². The van der Waals surface area contributed by atoms with E-state index >= 15 is 0 Å². The Morgan fingerprint density at radius 1 is 1.20 bits per heavy atom. The molecule has 0 N–H and O–H groups in total. The maximum atomic E-state index is 11.3. The second kappa shape index (κ2) is 8.22. The van der Waals surface area contributed by atoms with Crippen molar-refractivity contribution < 1.29 is 4.79 Å². The quantitative estimate of drug-likeness (QED) is 0.361. The van der Waals surface area contributed by atoms with Gasteiger partial charge < -0.3 is 0 Å². The van der Waals surface area contributed by atoms with Crippen LogP contribution in [0.2, 0.25) is 0 Å². The van der Waals surface area contributed by atoms with Crippen LogP contribution in [0.15, 0.2) is 35.5 Å². The summed E-state index contributed by atoms with van der Waals surface area (Å²) in [7, 11) is 0. The van der Waals surface area contributed by atoms with Gasteiger partial charge in [-0.05, 0) is 39.7 Å². The first kappa shape index (κ1) is 13.9. The molecule has 15 heavy (non-hydrogen) atoms. The second-order valence-corrected chi connectivity index (χ2v) is 4.01. The Morgan fingerprint density at radius 2 is 1.87 bits per heavy atom. The standard InChI is InChI=1S/C14H22O/c1-5-13(4)9-7-11-14(15)10-6-8-12(2)3/h7-9,11H,5-6,10H2,1-4H3. The minimum atomic E-state index is 0.202. The highest BCUT2D eigenvalue weighted by Crippen LogP contribution is 2.00. The van der Waals surface area contributed by atoms with Gasteiger partial charge in [0.25, 0.3) is 0 Å². The zero-order chi connectivity index (χ0) is 11.7. The van der Waals surface area contributed by atoms with E-state index in [1.165, 1.54) is 11.1 Å². The van der Waals surface area contributed by atoms with Crippen molar-refractivity contribution in [2.75, 3.05) is 0 Å². The molecule has 84 valence electrons. The third-order valence-corrected chi connectivity index (χ3v) is 2.16. The maximum absolute atomic E-state index is 11.3. The number of carbonyl (C=O) groups is 1. The number of hydrogen-bond acceptors (Lipinski definition) is 1. The van der Waals surface area contributed by atoms with Crippen LogP contribution < -0.4 is 0 Å². The summed E-state index contributed by atoms with van der Waals surface area (Å²) in [6.45, 7) is 8.27. The molecule has 0 aromatic carbocycles. The minimum Gasteiger partial charge on any atom is -0.295 e. The SMILES string of the molecule is CCC(C)=CC=CC(=O)CCC=C(C)C. The molecule has 0 aromatic rings. The lowest BCUT2D eigenvalue weighted by molar-refractivity contribution is -0.114. The monoisotopic (exact) mass is 206 g/mol. The van der Waals surface area contributed by atoms with Crippen molar-refractivity contribution in [1.82, 2.24) is 0 Å². The van der Waals surface area contributed by atoms with Gasteiger partial charge in [0.1, 0.15) is 0 Å². The van der Waals surface area contributed by atoms with E-state index in [-0.39, 0.29) is 5.78 Å². The van der Waals surface area contributed by atoms with Crippen LogP contribution in [-0.2, 0) is 4.79 Å². The van der Waals surface area contributed by atoms with E-state index in [1.54, 1.807) is 6.08 Å². The van der Waals surface area contributed by atoms with E-state index in [4.69, 9.17) is 0 Å². The Labute approximate surface area is 93.6 Å². The lowest BCUT2D eigenvalue weighted by Crippen LogP contribution is -1.90. The first-order chi connectivity index (χ1) is 7.06. The fraction of sp³-hybridized carbons (Fsp3) is 0.500. The van der Waals surface area contributed by atoms with Gasteiger partial charge in [-0.25, -0.2) is 0 Å². The van der Waals surface area contributed by atoms with E-state index in [1.807, 2.05) is 26.0 Å². The van der Waals surface area contributed by atoms with Crippen LogP contribution in [0.1, 0.15) is 47.0 Å². The molecule has 0 unspecified atom stereocenters. The van der Waals surface area contributed by atoms with E-state index in [0.29, 0.717) is 6.42 Å². The van der Waals surface area contributed by atoms with Crippen LogP contribution in [-0.4, -0.2) is 5.78 Å². The smallest absolute Gasteiger partial charge is 0.155 e. The van der Waals surface area contributed by atoms with Gasteiger partial charge in [-0.3, -0.25) is 4.79 Å². The fourth-order valence-electron chi connectivity index (χ4n) is 1.02. The molecule has 0 saturated carbocycles. The molecule has 0 radical (unpaired) electrons. The molecule has 0 atom stereocenters. The molecule has 0 fully saturated rings. The Kier molecular flexibility index (Phi) is 7.61. The normalized spacial score (nSPS) is 11.9. The first-order valence-electron chi connectivity index (χ1n) is 5.56. The minimum absolute atomic E-state index is 0.202. The molecule has 1 nitrogen and oxygen atoms in total. The predicted octanol–water partition coefficient (Wildman–Crippen LogP) is 4.21. The maximum Gasteiger partial charge on any atom is 0.155 e. The molecular formula is C14H22O. The number of carbonyl (C=O) groups excluding carboxylic acids is 1. The van der Waals surface area contributed by atoms with Crippen LogP contribution in [0, 0.1) is 0 Å². The molecule has 0 rings (SSSR count). The summed E-state index contributed by atoms with van der Waals surface area (Å²) >= 11 is 0. The third kappa shape index (κ3) is 9.20. The molecule has 1 heteroatoms. The first-order valence-corrected chi connectivity index (χ1v) is 5.56. The van der Waals surface area contributed by atoms with Crippen molar-refractivity contribution in [3.63, 3.8) is 0 Å². The summed E-state index contributed by atoms with van der Waals surface area (Å²) in [5.41, 5.74) is 2.57. The molecule has 0 aromatic heterocycles. The number of rotatable bonds is 6. The van der Waals surface area contributed by atoms with Gasteiger partial charge in [0.2, 0.25) is 0 Å². The summed E-state index contributed by atoms with van der Waals surface area (Å²) in [4.78, 5) is 11.3. The van der Waals surface area contributed by atoms with Crippen LogP contribution >= 0.6 is 0 Å². The van der Waals surface area contributed by atoms with Crippen molar-refractivity contribution in [1.29, 1.82) is 0 Å². The third-order valence-electron chi connectivity index (χ3n) is 2.16. The highest BCUT2D eigenvalue weighted by Gasteiger charge is 1.93. The summed E-state index contributed by atoms with van der Waals surface area (Å²) in [5, 5.41) is 0. The van der Waals surface area contributed by atoms with Crippen LogP contribution in [0.25, 0.3) is 0 Å². The summed E-state index contributed by atoms with van der Waals surface area (Å²) in [5.74, 6) is 0.202. The molecule has 0 bridgehead atoms. The molecule has 0 heterocycles. The van der Waals surface area contributed by atoms with Crippen molar-refractivity contribution in [2.24, 2.45) is 0 Å². The van der Waals surface area contributed by atoms with E-state index < -0.39 is 0 Å². The highest BCUT2D eigenvalue weighted by molar-refractivity contribution is 5.89. The zero-order valence-electron chi connectivity index (χ0n) is 10.3. The molecule has 0 aliphatic carbocycles. The van der Waals surface area contributed by atoms with E-state index in [0.717, 1.165) is 12.8 Å².